The van der Waals surface area contributed by atoms with Gasteiger partial charge in [0.05, 0.1) is 12.1 Å². The van der Waals surface area contributed by atoms with Gasteiger partial charge in [-0.3, -0.25) is 14.5 Å². The third kappa shape index (κ3) is 4.97. The number of amides is 2. The fraction of sp³-hybridized carbons (Fsp3) is 0.529. The number of thioether (sulfide) groups is 1. The number of nitrogens with one attached hydrogen (secondary N) is 1. The summed E-state index contributed by atoms with van der Waals surface area (Å²) in [6, 6.07) is 7.88. The van der Waals surface area contributed by atoms with Gasteiger partial charge in [0.25, 0.3) is 5.91 Å². The standard InChI is InChI=1S/C17H25N3O2S/c1-13(2)18-16(21)12-19-8-10-20(11-9-19)17(22)14-6-4-5-7-15(14)23-3/h4-7,13H,8-12H2,1-3H3,(H,18,21). The molecule has 23 heavy (non-hydrogen) atoms. The zero-order valence-electron chi connectivity index (χ0n) is 14.0. The van der Waals surface area contributed by atoms with Crippen molar-refractivity contribution in [3.8, 4) is 0 Å². The molecular weight excluding hydrogens is 310 g/mol. The molecule has 2 rings (SSSR count). The van der Waals surface area contributed by atoms with Crippen molar-refractivity contribution in [1.29, 1.82) is 0 Å². The van der Waals surface area contributed by atoms with E-state index in [4.69, 9.17) is 0 Å². The zero-order chi connectivity index (χ0) is 16.8. The second-order valence-electron chi connectivity index (χ2n) is 5.99. The summed E-state index contributed by atoms with van der Waals surface area (Å²) >= 11 is 1.59. The first-order chi connectivity index (χ1) is 11.0. The largest absolute Gasteiger partial charge is 0.353 e. The first-order valence-electron chi connectivity index (χ1n) is 7.95. The van der Waals surface area contributed by atoms with Crippen molar-refractivity contribution in [2.75, 3.05) is 39.0 Å². The van der Waals surface area contributed by atoms with Crippen LogP contribution in [-0.2, 0) is 4.79 Å². The fourth-order valence-electron chi connectivity index (χ4n) is 2.67. The summed E-state index contributed by atoms with van der Waals surface area (Å²) in [5.74, 6) is 0.133. The Balaban J connectivity index is 1.89. The van der Waals surface area contributed by atoms with E-state index in [-0.39, 0.29) is 17.9 Å². The number of rotatable bonds is 5. The second kappa shape index (κ2) is 8.36. The lowest BCUT2D eigenvalue weighted by atomic mass is 10.2. The summed E-state index contributed by atoms with van der Waals surface area (Å²) in [4.78, 5) is 29.5. The minimum absolute atomic E-state index is 0.0486. The van der Waals surface area contributed by atoms with Gasteiger partial charge in [0.1, 0.15) is 0 Å². The smallest absolute Gasteiger partial charge is 0.255 e. The van der Waals surface area contributed by atoms with E-state index in [0.717, 1.165) is 23.5 Å². The molecule has 0 atom stereocenters. The number of carbonyl (C=O) groups is 2. The number of hydrogen-bond acceptors (Lipinski definition) is 4. The molecule has 1 aliphatic rings. The molecule has 0 unspecified atom stereocenters. The lowest BCUT2D eigenvalue weighted by molar-refractivity contribution is -0.123. The Kier molecular flexibility index (Phi) is 6.47. The molecule has 126 valence electrons. The van der Waals surface area contributed by atoms with Crippen molar-refractivity contribution in [2.24, 2.45) is 0 Å². The average Bonchev–Trinajstić information content (AvgIpc) is 2.54. The molecule has 0 radical (unpaired) electrons. The van der Waals surface area contributed by atoms with Gasteiger partial charge in [-0.05, 0) is 32.2 Å². The first kappa shape index (κ1) is 17.8. The predicted molar refractivity (Wildman–Crippen MR) is 93.8 cm³/mol. The minimum atomic E-state index is 0.0486. The molecule has 6 heteroatoms. The molecule has 0 aliphatic carbocycles. The fourth-order valence-corrected chi connectivity index (χ4v) is 3.26. The number of hydrogen-bond donors (Lipinski definition) is 1. The van der Waals surface area contributed by atoms with E-state index in [0.29, 0.717) is 19.6 Å². The maximum absolute atomic E-state index is 12.7. The van der Waals surface area contributed by atoms with E-state index >= 15 is 0 Å². The highest BCUT2D eigenvalue weighted by Gasteiger charge is 2.24. The van der Waals surface area contributed by atoms with Crippen LogP contribution in [0, 0.1) is 0 Å². The third-order valence-electron chi connectivity index (χ3n) is 3.81. The molecule has 0 spiro atoms. The van der Waals surface area contributed by atoms with Gasteiger partial charge in [-0.25, -0.2) is 0 Å². The Morgan fingerprint density at radius 1 is 1.17 bits per heavy atom. The van der Waals surface area contributed by atoms with Crippen molar-refractivity contribution in [2.45, 2.75) is 24.8 Å². The molecule has 1 saturated heterocycles. The van der Waals surface area contributed by atoms with Crippen molar-refractivity contribution in [1.82, 2.24) is 15.1 Å². The number of piperazine rings is 1. The summed E-state index contributed by atoms with van der Waals surface area (Å²) in [5, 5.41) is 2.90. The number of benzene rings is 1. The van der Waals surface area contributed by atoms with Crippen molar-refractivity contribution >= 4 is 23.6 Å². The van der Waals surface area contributed by atoms with Crippen LogP contribution in [0.4, 0.5) is 0 Å². The lowest BCUT2D eigenvalue weighted by Gasteiger charge is -2.34. The van der Waals surface area contributed by atoms with Crippen LogP contribution in [0.3, 0.4) is 0 Å². The molecule has 1 heterocycles. The Bertz CT molecular complexity index is 555. The topological polar surface area (TPSA) is 52.7 Å². The van der Waals surface area contributed by atoms with E-state index in [1.807, 2.05) is 49.3 Å². The van der Waals surface area contributed by atoms with Gasteiger partial charge < -0.3 is 10.2 Å². The summed E-state index contributed by atoms with van der Waals surface area (Å²) in [6.45, 7) is 7.11. The van der Waals surface area contributed by atoms with Crippen LogP contribution in [0.25, 0.3) is 0 Å². The monoisotopic (exact) mass is 335 g/mol. The summed E-state index contributed by atoms with van der Waals surface area (Å²) in [7, 11) is 0. The van der Waals surface area contributed by atoms with E-state index in [9.17, 15) is 9.59 Å². The highest BCUT2D eigenvalue weighted by Crippen LogP contribution is 2.21. The second-order valence-corrected chi connectivity index (χ2v) is 6.84. The molecule has 0 saturated carbocycles. The van der Waals surface area contributed by atoms with Gasteiger partial charge in [0, 0.05) is 37.1 Å². The van der Waals surface area contributed by atoms with Gasteiger partial charge in [-0.2, -0.15) is 0 Å². The minimum Gasteiger partial charge on any atom is -0.353 e. The van der Waals surface area contributed by atoms with Crippen LogP contribution in [0.2, 0.25) is 0 Å². The normalized spacial score (nSPS) is 15.7. The van der Waals surface area contributed by atoms with Gasteiger partial charge >= 0.3 is 0 Å². The molecule has 1 N–H and O–H groups in total. The summed E-state index contributed by atoms with van der Waals surface area (Å²) in [6.07, 6.45) is 1.98. The first-order valence-corrected chi connectivity index (χ1v) is 9.17. The molecule has 1 fully saturated rings. The van der Waals surface area contributed by atoms with Crippen LogP contribution in [0.5, 0.6) is 0 Å². The molecule has 1 aromatic carbocycles. The quantitative estimate of drug-likeness (QED) is 0.832. The average molecular weight is 335 g/mol. The van der Waals surface area contributed by atoms with Crippen molar-refractivity contribution in [3.05, 3.63) is 29.8 Å². The van der Waals surface area contributed by atoms with Crippen LogP contribution in [0.1, 0.15) is 24.2 Å². The summed E-state index contributed by atoms with van der Waals surface area (Å²) < 4.78 is 0. The molecule has 1 aromatic rings. The van der Waals surface area contributed by atoms with Crippen LogP contribution in [0.15, 0.2) is 29.2 Å². The van der Waals surface area contributed by atoms with Gasteiger partial charge in [-0.1, -0.05) is 12.1 Å². The van der Waals surface area contributed by atoms with E-state index in [1.165, 1.54) is 0 Å². The third-order valence-corrected chi connectivity index (χ3v) is 4.61. The maximum atomic E-state index is 12.7. The van der Waals surface area contributed by atoms with E-state index < -0.39 is 0 Å². The number of nitrogens with zero attached hydrogens (tertiary/aromatic N) is 2. The number of carbonyl (C=O) groups excluding carboxylic acids is 2. The van der Waals surface area contributed by atoms with E-state index in [2.05, 4.69) is 10.2 Å². The van der Waals surface area contributed by atoms with E-state index in [1.54, 1.807) is 11.8 Å². The van der Waals surface area contributed by atoms with Crippen LogP contribution in [-0.4, -0.2) is 66.6 Å². The molecule has 5 nitrogen and oxygen atoms in total. The zero-order valence-corrected chi connectivity index (χ0v) is 14.9. The molecule has 0 bridgehead atoms. The van der Waals surface area contributed by atoms with Gasteiger partial charge in [0.2, 0.25) is 5.91 Å². The molecule has 2 amide bonds. The highest BCUT2D eigenvalue weighted by atomic mass is 32.2. The Morgan fingerprint density at radius 3 is 2.43 bits per heavy atom. The summed E-state index contributed by atoms with van der Waals surface area (Å²) in [5.41, 5.74) is 0.769. The Hall–Kier alpha value is -1.53. The molecular formula is C17H25N3O2S. The molecule has 0 aromatic heterocycles. The Morgan fingerprint density at radius 2 is 1.83 bits per heavy atom. The van der Waals surface area contributed by atoms with Gasteiger partial charge in [0.15, 0.2) is 0 Å². The van der Waals surface area contributed by atoms with Crippen molar-refractivity contribution in [3.63, 3.8) is 0 Å². The van der Waals surface area contributed by atoms with Crippen molar-refractivity contribution < 1.29 is 9.59 Å². The highest BCUT2D eigenvalue weighted by molar-refractivity contribution is 7.98. The molecule has 1 aliphatic heterocycles. The Labute approximate surface area is 142 Å². The van der Waals surface area contributed by atoms with Crippen LogP contribution >= 0.6 is 11.8 Å². The predicted octanol–water partition coefficient (Wildman–Crippen LogP) is 1.69. The van der Waals surface area contributed by atoms with Crippen LogP contribution < -0.4 is 5.32 Å². The maximum Gasteiger partial charge on any atom is 0.255 e. The SMILES string of the molecule is CSc1ccccc1C(=O)N1CCN(CC(=O)NC(C)C)CC1. The van der Waals surface area contributed by atoms with Gasteiger partial charge in [-0.15, -0.1) is 11.8 Å². The lowest BCUT2D eigenvalue weighted by Crippen LogP contribution is -2.51.